The monoisotopic (exact) mass is 261 g/mol. The maximum absolute atomic E-state index is 11.3. The maximum atomic E-state index is 11.3. The van der Waals surface area contributed by atoms with E-state index in [1.165, 1.54) is 6.20 Å². The van der Waals surface area contributed by atoms with Crippen molar-refractivity contribution in [3.8, 4) is 0 Å². The third-order valence-electron chi connectivity index (χ3n) is 3.07. The molecule has 2 aromatic heterocycles. The van der Waals surface area contributed by atoms with E-state index in [-0.39, 0.29) is 11.0 Å². The van der Waals surface area contributed by atoms with Gasteiger partial charge in [-0.2, -0.15) is 5.10 Å². The van der Waals surface area contributed by atoms with Gasteiger partial charge in [0.25, 0.3) is 0 Å². The van der Waals surface area contributed by atoms with Crippen molar-refractivity contribution in [1.29, 1.82) is 0 Å². The predicted octanol–water partition coefficient (Wildman–Crippen LogP) is 2.68. The van der Waals surface area contributed by atoms with E-state index in [9.17, 15) is 9.90 Å². The molecule has 0 spiro atoms. The molecule has 0 aliphatic rings. The summed E-state index contributed by atoms with van der Waals surface area (Å²) in [4.78, 5) is 15.5. The molecule has 2 heterocycles. The Bertz CT molecular complexity index is 623. The zero-order chi connectivity index (χ0) is 14.2. The lowest BCUT2D eigenvalue weighted by atomic mass is 9.93. The predicted molar refractivity (Wildman–Crippen MR) is 72.6 cm³/mol. The van der Waals surface area contributed by atoms with Crippen LogP contribution in [0.5, 0.6) is 0 Å². The Balaban J connectivity index is 2.70. The van der Waals surface area contributed by atoms with Gasteiger partial charge in [0.2, 0.25) is 0 Å². The molecule has 5 heteroatoms. The largest absolute Gasteiger partial charge is 0.478 e. The third kappa shape index (κ3) is 2.45. The summed E-state index contributed by atoms with van der Waals surface area (Å²) in [5.41, 5.74) is 2.49. The summed E-state index contributed by atoms with van der Waals surface area (Å²) in [5.74, 6) is -0.953. The number of carboxylic acid groups (broad SMARTS) is 1. The van der Waals surface area contributed by atoms with E-state index >= 15 is 0 Å². The van der Waals surface area contributed by atoms with Gasteiger partial charge in [-0.25, -0.2) is 14.3 Å². The quantitative estimate of drug-likeness (QED) is 0.922. The first kappa shape index (κ1) is 13.5. The Hall–Kier alpha value is -1.91. The zero-order valence-electron chi connectivity index (χ0n) is 11.8. The van der Waals surface area contributed by atoms with Crippen LogP contribution in [0, 0.1) is 0 Å². The van der Waals surface area contributed by atoms with Crippen LogP contribution >= 0.6 is 0 Å². The first-order chi connectivity index (χ1) is 8.84. The minimum absolute atomic E-state index is 0.0828. The number of carboxylic acids is 1. The average molecular weight is 261 g/mol. The van der Waals surface area contributed by atoms with Crippen LogP contribution in [0.15, 0.2) is 12.3 Å². The Morgan fingerprint density at radius 1 is 1.42 bits per heavy atom. The summed E-state index contributed by atoms with van der Waals surface area (Å²) in [7, 11) is 0. The molecule has 1 N–H and O–H groups in total. The SMILES string of the molecule is CCCc1c(C(=O)O)cnc2cc(C(C)(C)C)nn12. The first-order valence-electron chi connectivity index (χ1n) is 6.46. The van der Waals surface area contributed by atoms with Crippen molar-refractivity contribution in [3.63, 3.8) is 0 Å². The van der Waals surface area contributed by atoms with Crippen LogP contribution in [0.1, 0.15) is 55.9 Å². The molecule has 0 atom stereocenters. The van der Waals surface area contributed by atoms with Crippen LogP contribution in [-0.4, -0.2) is 25.7 Å². The number of nitrogens with zero attached hydrogens (tertiary/aromatic N) is 3. The Kier molecular flexibility index (Phi) is 3.30. The van der Waals surface area contributed by atoms with Crippen molar-refractivity contribution in [3.05, 3.63) is 29.2 Å². The van der Waals surface area contributed by atoms with E-state index in [1.54, 1.807) is 4.52 Å². The van der Waals surface area contributed by atoms with Gasteiger partial charge in [-0.15, -0.1) is 0 Å². The molecule has 2 rings (SSSR count). The molecule has 19 heavy (non-hydrogen) atoms. The van der Waals surface area contributed by atoms with Crippen LogP contribution in [-0.2, 0) is 11.8 Å². The second kappa shape index (κ2) is 4.64. The molecule has 0 saturated carbocycles. The van der Waals surface area contributed by atoms with Gasteiger partial charge < -0.3 is 5.11 Å². The first-order valence-corrected chi connectivity index (χ1v) is 6.46. The lowest BCUT2D eigenvalue weighted by molar-refractivity contribution is 0.0694. The summed E-state index contributed by atoms with van der Waals surface area (Å²) in [5, 5.41) is 13.8. The van der Waals surface area contributed by atoms with E-state index in [0.29, 0.717) is 12.1 Å². The van der Waals surface area contributed by atoms with Crippen molar-refractivity contribution in [1.82, 2.24) is 14.6 Å². The molecule has 0 aliphatic heterocycles. The summed E-state index contributed by atoms with van der Waals surface area (Å²) in [6, 6.07) is 1.92. The number of rotatable bonds is 3. The van der Waals surface area contributed by atoms with Crippen LogP contribution < -0.4 is 0 Å². The highest BCUT2D eigenvalue weighted by Crippen LogP contribution is 2.23. The average Bonchev–Trinajstić information content (AvgIpc) is 2.73. The smallest absolute Gasteiger partial charge is 0.339 e. The second-order valence-corrected chi connectivity index (χ2v) is 5.72. The van der Waals surface area contributed by atoms with Gasteiger partial charge in [0.05, 0.1) is 17.0 Å². The van der Waals surface area contributed by atoms with E-state index in [4.69, 9.17) is 0 Å². The third-order valence-corrected chi connectivity index (χ3v) is 3.07. The van der Waals surface area contributed by atoms with E-state index in [0.717, 1.165) is 17.8 Å². The summed E-state index contributed by atoms with van der Waals surface area (Å²) < 4.78 is 1.67. The molecule has 0 radical (unpaired) electrons. The molecule has 0 bridgehead atoms. The van der Waals surface area contributed by atoms with Crippen molar-refractivity contribution >= 4 is 11.6 Å². The van der Waals surface area contributed by atoms with Crippen LogP contribution in [0.2, 0.25) is 0 Å². The number of aromatic nitrogens is 3. The molecule has 5 nitrogen and oxygen atoms in total. The van der Waals surface area contributed by atoms with Crippen molar-refractivity contribution < 1.29 is 9.90 Å². The maximum Gasteiger partial charge on any atom is 0.339 e. The number of hydrogen-bond acceptors (Lipinski definition) is 3. The summed E-state index contributed by atoms with van der Waals surface area (Å²) in [6.45, 7) is 8.25. The minimum atomic E-state index is -0.953. The zero-order valence-corrected chi connectivity index (χ0v) is 11.8. The molecule has 0 fully saturated rings. The molecule has 0 aromatic carbocycles. The topological polar surface area (TPSA) is 67.5 Å². The fourth-order valence-corrected chi connectivity index (χ4v) is 2.00. The minimum Gasteiger partial charge on any atom is -0.478 e. The molecule has 0 unspecified atom stereocenters. The number of aryl methyl sites for hydroxylation is 1. The summed E-state index contributed by atoms with van der Waals surface area (Å²) >= 11 is 0. The molecular weight excluding hydrogens is 242 g/mol. The van der Waals surface area contributed by atoms with E-state index in [2.05, 4.69) is 30.9 Å². The lowest BCUT2D eigenvalue weighted by Crippen LogP contribution is -2.13. The summed E-state index contributed by atoms with van der Waals surface area (Å²) in [6.07, 6.45) is 2.97. The highest BCUT2D eigenvalue weighted by atomic mass is 16.4. The van der Waals surface area contributed by atoms with Gasteiger partial charge in [0.1, 0.15) is 0 Å². The highest BCUT2D eigenvalue weighted by molar-refractivity contribution is 5.88. The fourth-order valence-electron chi connectivity index (χ4n) is 2.00. The van der Waals surface area contributed by atoms with Crippen LogP contribution in [0.25, 0.3) is 5.65 Å². The van der Waals surface area contributed by atoms with Crippen LogP contribution in [0.3, 0.4) is 0 Å². The van der Waals surface area contributed by atoms with Crippen molar-refractivity contribution in [2.24, 2.45) is 0 Å². The lowest BCUT2D eigenvalue weighted by Gasteiger charge is -2.13. The number of carbonyl (C=O) groups is 1. The molecule has 102 valence electrons. The van der Waals surface area contributed by atoms with Gasteiger partial charge in [-0.1, -0.05) is 34.1 Å². The Morgan fingerprint density at radius 3 is 2.63 bits per heavy atom. The Labute approximate surface area is 112 Å². The molecule has 0 aliphatic carbocycles. The number of hydrogen-bond donors (Lipinski definition) is 1. The Morgan fingerprint density at radius 2 is 2.11 bits per heavy atom. The van der Waals surface area contributed by atoms with E-state index in [1.807, 2.05) is 13.0 Å². The van der Waals surface area contributed by atoms with Gasteiger partial charge in [0, 0.05) is 17.7 Å². The number of fused-ring (bicyclic) bond motifs is 1. The fraction of sp³-hybridized carbons (Fsp3) is 0.500. The second-order valence-electron chi connectivity index (χ2n) is 5.72. The molecule has 2 aromatic rings. The molecule has 0 saturated heterocycles. The normalized spacial score (nSPS) is 12.0. The number of aromatic carboxylic acids is 1. The standard InChI is InChI=1S/C14H19N3O2/c1-5-6-10-9(13(18)19)8-15-12-7-11(14(2,3)4)16-17(10)12/h7-8H,5-6H2,1-4H3,(H,18,19). The van der Waals surface area contributed by atoms with Gasteiger partial charge in [0.15, 0.2) is 5.65 Å². The van der Waals surface area contributed by atoms with Crippen molar-refractivity contribution in [2.75, 3.05) is 0 Å². The molecule has 0 amide bonds. The molecular formula is C14H19N3O2. The highest BCUT2D eigenvalue weighted by Gasteiger charge is 2.21. The van der Waals surface area contributed by atoms with Crippen LogP contribution in [0.4, 0.5) is 0 Å². The van der Waals surface area contributed by atoms with Gasteiger partial charge in [-0.3, -0.25) is 0 Å². The van der Waals surface area contributed by atoms with Gasteiger partial charge >= 0.3 is 5.97 Å². The van der Waals surface area contributed by atoms with E-state index < -0.39 is 5.97 Å². The van der Waals surface area contributed by atoms with Crippen molar-refractivity contribution in [2.45, 2.75) is 46.0 Å². The van der Waals surface area contributed by atoms with Gasteiger partial charge in [-0.05, 0) is 6.42 Å².